The number of carboxylic acids is 1. The Kier molecular flexibility index (Phi) is 13.4. The van der Waals surface area contributed by atoms with E-state index in [9.17, 15) is 42.3 Å². The van der Waals surface area contributed by atoms with Gasteiger partial charge in [-0.3, -0.25) is 28.9 Å². The van der Waals surface area contributed by atoms with Crippen molar-refractivity contribution >= 4 is 52.3 Å². The second-order valence-corrected chi connectivity index (χ2v) is 16.0. The smallest absolute Gasteiger partial charge is 0.434 e. The Morgan fingerprint density at radius 1 is 1.10 bits per heavy atom. The molecule has 1 saturated carbocycles. The Morgan fingerprint density at radius 3 is 2.35 bits per heavy atom. The van der Waals surface area contributed by atoms with Gasteiger partial charge in [-0.15, -0.1) is 22.7 Å². The number of carbonyl (C=O) groups is 5. The van der Waals surface area contributed by atoms with Gasteiger partial charge in [0.15, 0.2) is 11.8 Å². The molecular formula is C34H47F3N6O7S2. The molecule has 0 spiro atoms. The molecule has 1 saturated heterocycles. The van der Waals surface area contributed by atoms with Gasteiger partial charge in [0.25, 0.3) is 5.91 Å². The lowest BCUT2D eigenvalue weighted by molar-refractivity contribution is -0.149. The third-order valence-corrected chi connectivity index (χ3v) is 11.4. The largest absolute Gasteiger partial charge is 0.481 e. The molecule has 3 heterocycles. The van der Waals surface area contributed by atoms with E-state index in [4.69, 9.17) is 4.74 Å². The van der Waals surface area contributed by atoms with Crippen LogP contribution in [-0.2, 0) is 36.5 Å². The van der Waals surface area contributed by atoms with Crippen LogP contribution in [0.4, 0.5) is 13.2 Å². The standard InChI is InChI=1S/C34H47F3N6O7S2/c1-18(2)24(43(6)32(49)33(10-11-33)41-29(46)23-9-7-8-12-42(23)5)15-25(50-20(4)44)30-39-22(16-52-30)28(45)38-21(13-19(3)31(47)48)14-27-40-26(17-51-27)34(35,36)37/h16-19,21,23-25H,7-15H2,1-6H3,(H,38,45)(H,41,46)(H,47,48)/t19-,21+,23+,24+,25+/m0/s1. The molecular weight excluding hydrogens is 726 g/mol. The molecule has 4 rings (SSSR count). The SMILES string of the molecule is CC(=O)O[C@H](C[C@H](C(C)C)N(C)C(=O)C1(NC(=O)[C@H]2CCCCN2C)CC1)c1nc(C(=O)N[C@@H](Cc2nc(C(F)(F)F)cs2)C[C@H](C)C(=O)O)cs1. The Morgan fingerprint density at radius 2 is 1.79 bits per heavy atom. The van der Waals surface area contributed by atoms with E-state index in [0.717, 1.165) is 53.9 Å². The third kappa shape index (κ3) is 10.5. The number of hydrogen-bond acceptors (Lipinski definition) is 11. The predicted molar refractivity (Wildman–Crippen MR) is 187 cm³/mol. The highest BCUT2D eigenvalue weighted by molar-refractivity contribution is 7.10. The Bertz CT molecular complexity index is 1610. The lowest BCUT2D eigenvalue weighted by atomic mass is 9.95. The van der Waals surface area contributed by atoms with Gasteiger partial charge < -0.3 is 25.4 Å². The van der Waals surface area contributed by atoms with Crippen molar-refractivity contribution in [1.82, 2.24) is 30.4 Å². The first-order chi connectivity index (χ1) is 24.3. The number of likely N-dealkylation sites (tertiary alicyclic amines) is 1. The number of likely N-dealkylation sites (N-methyl/N-ethyl adjacent to an activating group) is 2. The Balaban J connectivity index is 1.48. The van der Waals surface area contributed by atoms with Crippen LogP contribution in [0.2, 0.25) is 0 Å². The maximum Gasteiger partial charge on any atom is 0.434 e. The number of piperidine rings is 1. The Labute approximate surface area is 308 Å². The van der Waals surface area contributed by atoms with E-state index in [-0.39, 0.29) is 58.7 Å². The van der Waals surface area contributed by atoms with E-state index >= 15 is 0 Å². The fourth-order valence-electron chi connectivity index (χ4n) is 6.49. The quantitative estimate of drug-likeness (QED) is 0.204. The number of aliphatic carboxylic acids is 1. The van der Waals surface area contributed by atoms with Crippen LogP contribution < -0.4 is 10.6 Å². The maximum absolute atomic E-state index is 13.9. The molecule has 0 unspecified atom stereocenters. The fourth-order valence-corrected chi connectivity index (χ4v) is 8.21. The van der Waals surface area contributed by atoms with Gasteiger partial charge in [-0.2, -0.15) is 13.2 Å². The van der Waals surface area contributed by atoms with Gasteiger partial charge in [0.2, 0.25) is 11.8 Å². The Hall–Kier alpha value is -3.64. The number of halogens is 3. The zero-order chi connectivity index (χ0) is 38.5. The van der Waals surface area contributed by atoms with Crippen LogP contribution in [0.15, 0.2) is 10.8 Å². The summed E-state index contributed by atoms with van der Waals surface area (Å²) in [5.41, 5.74) is -2.12. The number of esters is 1. The average molecular weight is 773 g/mol. The molecule has 2 aromatic rings. The molecule has 3 N–H and O–H groups in total. The van der Waals surface area contributed by atoms with E-state index in [2.05, 4.69) is 20.6 Å². The highest BCUT2D eigenvalue weighted by Gasteiger charge is 2.54. The molecule has 18 heteroatoms. The molecule has 0 radical (unpaired) electrons. The number of nitrogens with zero attached hydrogens (tertiary/aromatic N) is 4. The van der Waals surface area contributed by atoms with Crippen molar-refractivity contribution in [2.24, 2.45) is 11.8 Å². The summed E-state index contributed by atoms with van der Waals surface area (Å²) in [6, 6.07) is -1.62. The summed E-state index contributed by atoms with van der Waals surface area (Å²) in [4.78, 5) is 76.0. The van der Waals surface area contributed by atoms with Crippen molar-refractivity contribution in [2.45, 2.75) is 115 Å². The molecule has 52 heavy (non-hydrogen) atoms. The lowest BCUT2D eigenvalue weighted by Gasteiger charge is -2.37. The van der Waals surface area contributed by atoms with Crippen LogP contribution in [0.25, 0.3) is 0 Å². The first-order valence-corrected chi connectivity index (χ1v) is 19.0. The molecule has 3 amide bonds. The van der Waals surface area contributed by atoms with Gasteiger partial charge in [0.05, 0.1) is 17.0 Å². The molecule has 2 fully saturated rings. The zero-order valence-corrected chi connectivity index (χ0v) is 31.8. The molecule has 0 bridgehead atoms. The summed E-state index contributed by atoms with van der Waals surface area (Å²) in [6.45, 7) is 7.33. The molecule has 0 aromatic carbocycles. The molecule has 2 aromatic heterocycles. The summed E-state index contributed by atoms with van der Waals surface area (Å²) >= 11 is 1.82. The molecule has 2 aliphatic rings. The zero-order valence-electron chi connectivity index (χ0n) is 30.1. The number of aromatic nitrogens is 2. The molecule has 288 valence electrons. The predicted octanol–water partition coefficient (Wildman–Crippen LogP) is 4.68. The maximum atomic E-state index is 13.9. The van der Waals surface area contributed by atoms with Crippen molar-refractivity contribution in [1.29, 1.82) is 0 Å². The summed E-state index contributed by atoms with van der Waals surface area (Å²) < 4.78 is 45.1. The number of ether oxygens (including phenoxy) is 1. The number of carbonyl (C=O) groups excluding carboxylic acids is 4. The van der Waals surface area contributed by atoms with E-state index in [1.807, 2.05) is 25.8 Å². The van der Waals surface area contributed by atoms with Gasteiger partial charge in [0.1, 0.15) is 16.2 Å². The van der Waals surface area contributed by atoms with Gasteiger partial charge >= 0.3 is 18.1 Å². The first kappa shape index (κ1) is 41.1. The van der Waals surface area contributed by atoms with Gasteiger partial charge in [-0.05, 0) is 51.6 Å². The monoisotopic (exact) mass is 772 g/mol. The van der Waals surface area contributed by atoms with E-state index in [1.54, 1.807) is 11.9 Å². The minimum Gasteiger partial charge on any atom is -0.481 e. The number of rotatable bonds is 16. The van der Waals surface area contributed by atoms with E-state index in [0.29, 0.717) is 12.8 Å². The number of hydrogen-bond donors (Lipinski definition) is 3. The van der Waals surface area contributed by atoms with Crippen molar-refractivity contribution < 1.29 is 47.0 Å². The second kappa shape index (κ2) is 17.0. The van der Waals surface area contributed by atoms with Crippen LogP contribution in [0.5, 0.6) is 0 Å². The molecule has 5 atom stereocenters. The number of alkyl halides is 3. The minimum atomic E-state index is -4.64. The molecule has 1 aliphatic heterocycles. The van der Waals surface area contributed by atoms with Gasteiger partial charge in [0, 0.05) is 49.7 Å². The van der Waals surface area contributed by atoms with Crippen LogP contribution in [0.3, 0.4) is 0 Å². The van der Waals surface area contributed by atoms with Gasteiger partial charge in [-0.1, -0.05) is 27.2 Å². The van der Waals surface area contributed by atoms with Crippen molar-refractivity contribution in [3.05, 3.63) is 32.2 Å². The fraction of sp³-hybridized carbons (Fsp3) is 0.676. The third-order valence-electron chi connectivity index (χ3n) is 9.63. The topological polar surface area (TPSA) is 171 Å². The van der Waals surface area contributed by atoms with Crippen LogP contribution >= 0.6 is 22.7 Å². The first-order valence-electron chi connectivity index (χ1n) is 17.3. The number of carboxylic acid groups (broad SMARTS) is 1. The highest BCUT2D eigenvalue weighted by atomic mass is 32.1. The lowest BCUT2D eigenvalue weighted by Crippen LogP contribution is -2.57. The second-order valence-electron chi connectivity index (χ2n) is 14.2. The number of amides is 3. The van der Waals surface area contributed by atoms with E-state index < -0.39 is 59.4 Å². The highest BCUT2D eigenvalue weighted by Crippen LogP contribution is 2.40. The summed E-state index contributed by atoms with van der Waals surface area (Å²) in [5.74, 6) is -3.85. The summed E-state index contributed by atoms with van der Waals surface area (Å²) in [5, 5.41) is 17.9. The normalized spacial score (nSPS) is 19.6. The summed E-state index contributed by atoms with van der Waals surface area (Å²) in [6.07, 6.45) is -1.93. The number of nitrogens with one attached hydrogen (secondary N) is 2. The van der Waals surface area contributed by atoms with Crippen molar-refractivity contribution in [3.8, 4) is 0 Å². The van der Waals surface area contributed by atoms with Crippen LogP contribution in [-0.4, -0.2) is 98.8 Å². The summed E-state index contributed by atoms with van der Waals surface area (Å²) in [7, 11) is 3.57. The molecule has 1 aliphatic carbocycles. The molecule has 13 nitrogen and oxygen atoms in total. The van der Waals surface area contributed by atoms with Crippen molar-refractivity contribution in [3.63, 3.8) is 0 Å². The minimum absolute atomic E-state index is 0.0573. The van der Waals surface area contributed by atoms with Crippen LogP contribution in [0.1, 0.15) is 105 Å². The van der Waals surface area contributed by atoms with Gasteiger partial charge in [-0.25, -0.2) is 9.97 Å². The average Bonchev–Trinajstić information content (AvgIpc) is 3.41. The number of thiazole rings is 2. The van der Waals surface area contributed by atoms with Crippen molar-refractivity contribution in [2.75, 3.05) is 20.6 Å². The van der Waals surface area contributed by atoms with E-state index in [1.165, 1.54) is 19.2 Å². The van der Waals surface area contributed by atoms with Crippen LogP contribution in [0, 0.1) is 11.8 Å².